The molecule has 7 heteroatoms. The van der Waals surface area contributed by atoms with E-state index in [4.69, 9.17) is 0 Å². The molecule has 0 unspecified atom stereocenters. The Hall–Kier alpha value is -2.54. The molecule has 1 heterocycles. The van der Waals surface area contributed by atoms with E-state index in [1.54, 1.807) is 23.0 Å². The molecule has 0 saturated carbocycles. The maximum atomic E-state index is 10.8. The second-order valence-electron chi connectivity index (χ2n) is 4.34. The van der Waals surface area contributed by atoms with E-state index in [9.17, 15) is 10.1 Å². The molecule has 0 N–H and O–H groups in total. The lowest BCUT2D eigenvalue weighted by Crippen LogP contribution is -1.93. The summed E-state index contributed by atoms with van der Waals surface area (Å²) in [5.41, 5.74) is 2.13. The summed E-state index contributed by atoms with van der Waals surface area (Å²) in [6.07, 6.45) is 1.74. The van der Waals surface area contributed by atoms with Crippen LogP contribution >= 0.6 is 15.9 Å². The number of nitro groups is 1. The fourth-order valence-corrected chi connectivity index (χ4v) is 2.31. The molecule has 1 aromatic heterocycles. The van der Waals surface area contributed by atoms with Gasteiger partial charge in [0.25, 0.3) is 5.69 Å². The number of nitro benzene ring substituents is 1. The Morgan fingerprint density at radius 1 is 1.14 bits per heavy atom. The molecule has 0 atom stereocenters. The van der Waals surface area contributed by atoms with Crippen molar-refractivity contribution in [2.75, 3.05) is 0 Å². The van der Waals surface area contributed by atoms with Gasteiger partial charge in [0.1, 0.15) is 5.69 Å². The van der Waals surface area contributed by atoms with Gasteiger partial charge in [0.2, 0.25) is 0 Å². The van der Waals surface area contributed by atoms with Gasteiger partial charge in [-0.05, 0) is 18.2 Å². The van der Waals surface area contributed by atoms with Crippen molar-refractivity contribution in [2.45, 2.75) is 0 Å². The number of aromatic nitrogens is 3. The molecule has 0 fully saturated rings. The lowest BCUT2D eigenvalue weighted by atomic mass is 10.1. The van der Waals surface area contributed by atoms with E-state index in [1.807, 2.05) is 24.3 Å². The molecule has 0 saturated heterocycles. The summed E-state index contributed by atoms with van der Waals surface area (Å²) in [6, 6.07) is 13.9. The van der Waals surface area contributed by atoms with Crippen LogP contribution in [0.2, 0.25) is 0 Å². The van der Waals surface area contributed by atoms with Crippen molar-refractivity contribution >= 4 is 21.6 Å². The summed E-state index contributed by atoms with van der Waals surface area (Å²) in [7, 11) is 0. The van der Waals surface area contributed by atoms with Gasteiger partial charge in [0, 0.05) is 22.2 Å². The fraction of sp³-hybridized carbons (Fsp3) is 0. The van der Waals surface area contributed by atoms with E-state index in [1.165, 1.54) is 12.1 Å². The van der Waals surface area contributed by atoms with Crippen LogP contribution in [0.15, 0.2) is 59.2 Å². The van der Waals surface area contributed by atoms with Crippen LogP contribution in [0, 0.1) is 10.1 Å². The molecule has 0 aliphatic carbocycles. The van der Waals surface area contributed by atoms with Crippen LogP contribution < -0.4 is 0 Å². The fourth-order valence-electron chi connectivity index (χ4n) is 1.92. The number of rotatable bonds is 3. The number of benzene rings is 2. The molecule has 3 rings (SSSR count). The summed E-state index contributed by atoms with van der Waals surface area (Å²) in [4.78, 5) is 10.4. The normalized spacial score (nSPS) is 10.5. The van der Waals surface area contributed by atoms with Crippen molar-refractivity contribution in [3.8, 4) is 16.9 Å². The molecule has 0 spiro atoms. The summed E-state index contributed by atoms with van der Waals surface area (Å²) in [5, 5.41) is 18.9. The Kier molecular flexibility index (Phi) is 3.49. The van der Waals surface area contributed by atoms with Gasteiger partial charge < -0.3 is 0 Å². The van der Waals surface area contributed by atoms with Gasteiger partial charge >= 0.3 is 0 Å². The van der Waals surface area contributed by atoms with Crippen LogP contribution in [0.4, 0.5) is 5.69 Å². The first kappa shape index (κ1) is 13.4. The molecule has 2 aromatic carbocycles. The molecule has 0 bridgehead atoms. The van der Waals surface area contributed by atoms with Gasteiger partial charge in [0.15, 0.2) is 0 Å². The molecule has 0 aliphatic heterocycles. The van der Waals surface area contributed by atoms with Crippen molar-refractivity contribution in [1.29, 1.82) is 0 Å². The van der Waals surface area contributed by atoms with Crippen LogP contribution in [-0.2, 0) is 0 Å². The highest BCUT2D eigenvalue weighted by atomic mass is 79.9. The molecular formula is C14H9BrN4O2. The third-order valence-electron chi connectivity index (χ3n) is 2.92. The van der Waals surface area contributed by atoms with Crippen LogP contribution in [0.5, 0.6) is 0 Å². The molecule has 6 nitrogen and oxygen atoms in total. The number of hydrogen-bond acceptors (Lipinski definition) is 4. The van der Waals surface area contributed by atoms with Crippen LogP contribution in [0.1, 0.15) is 0 Å². The average molecular weight is 345 g/mol. The van der Waals surface area contributed by atoms with E-state index in [0.29, 0.717) is 11.3 Å². The lowest BCUT2D eigenvalue weighted by Gasteiger charge is -1.99. The van der Waals surface area contributed by atoms with Gasteiger partial charge in [-0.25, -0.2) is 4.68 Å². The number of nitrogens with zero attached hydrogens (tertiary/aromatic N) is 4. The van der Waals surface area contributed by atoms with Crippen molar-refractivity contribution in [1.82, 2.24) is 15.0 Å². The molecule has 0 radical (unpaired) electrons. The predicted octanol–water partition coefficient (Wildman–Crippen LogP) is 3.61. The quantitative estimate of drug-likeness (QED) is 0.537. The van der Waals surface area contributed by atoms with E-state index in [-0.39, 0.29) is 5.69 Å². The molecule has 0 aliphatic rings. The third-order valence-corrected chi connectivity index (χ3v) is 3.41. The maximum Gasteiger partial charge on any atom is 0.270 e. The van der Waals surface area contributed by atoms with Crippen molar-refractivity contribution in [2.24, 2.45) is 0 Å². The first-order valence-electron chi connectivity index (χ1n) is 6.06. The van der Waals surface area contributed by atoms with Crippen LogP contribution in [0.3, 0.4) is 0 Å². The average Bonchev–Trinajstić information content (AvgIpc) is 2.97. The van der Waals surface area contributed by atoms with Crippen molar-refractivity contribution in [3.63, 3.8) is 0 Å². The van der Waals surface area contributed by atoms with E-state index >= 15 is 0 Å². The molecule has 3 aromatic rings. The minimum atomic E-state index is -0.428. The zero-order valence-electron chi connectivity index (χ0n) is 10.7. The van der Waals surface area contributed by atoms with Gasteiger partial charge in [-0.3, -0.25) is 10.1 Å². The second-order valence-corrected chi connectivity index (χ2v) is 5.25. The van der Waals surface area contributed by atoms with E-state index in [2.05, 4.69) is 26.2 Å². The van der Waals surface area contributed by atoms with Crippen LogP contribution in [0.25, 0.3) is 16.9 Å². The Morgan fingerprint density at radius 3 is 2.71 bits per heavy atom. The summed E-state index contributed by atoms with van der Waals surface area (Å²) in [6.45, 7) is 0. The lowest BCUT2D eigenvalue weighted by molar-refractivity contribution is -0.384. The molecule has 21 heavy (non-hydrogen) atoms. The van der Waals surface area contributed by atoms with Gasteiger partial charge in [-0.1, -0.05) is 39.3 Å². The smallest absolute Gasteiger partial charge is 0.258 e. The predicted molar refractivity (Wildman–Crippen MR) is 81.1 cm³/mol. The standard InChI is InChI=1S/C14H9BrN4O2/c15-11-4-2-5-12(8-11)18-9-14(16-17-18)10-3-1-6-13(7-10)19(20)21/h1-9H. The zero-order chi connectivity index (χ0) is 14.8. The number of hydrogen-bond donors (Lipinski definition) is 0. The molecular weight excluding hydrogens is 336 g/mol. The highest BCUT2D eigenvalue weighted by Gasteiger charge is 2.10. The van der Waals surface area contributed by atoms with Gasteiger partial charge in [0.05, 0.1) is 16.8 Å². The minimum Gasteiger partial charge on any atom is -0.258 e. The second kappa shape index (κ2) is 5.45. The van der Waals surface area contributed by atoms with Crippen LogP contribution in [-0.4, -0.2) is 19.9 Å². The Morgan fingerprint density at radius 2 is 1.95 bits per heavy atom. The first-order chi connectivity index (χ1) is 10.1. The Bertz CT molecular complexity index is 816. The zero-order valence-corrected chi connectivity index (χ0v) is 12.3. The maximum absolute atomic E-state index is 10.8. The number of halogens is 1. The van der Waals surface area contributed by atoms with Crippen molar-refractivity contribution in [3.05, 3.63) is 69.3 Å². The molecule has 104 valence electrons. The van der Waals surface area contributed by atoms with Gasteiger partial charge in [-0.2, -0.15) is 0 Å². The van der Waals surface area contributed by atoms with E-state index in [0.717, 1.165) is 10.2 Å². The first-order valence-corrected chi connectivity index (χ1v) is 6.86. The minimum absolute atomic E-state index is 0.0319. The van der Waals surface area contributed by atoms with Crippen molar-refractivity contribution < 1.29 is 4.92 Å². The molecule has 0 amide bonds. The monoisotopic (exact) mass is 344 g/mol. The summed E-state index contributed by atoms with van der Waals surface area (Å²) >= 11 is 3.40. The highest BCUT2D eigenvalue weighted by molar-refractivity contribution is 9.10. The Balaban J connectivity index is 1.98. The highest BCUT2D eigenvalue weighted by Crippen LogP contribution is 2.23. The third kappa shape index (κ3) is 2.82. The summed E-state index contributed by atoms with van der Waals surface area (Å²) < 4.78 is 2.56. The topological polar surface area (TPSA) is 73.8 Å². The SMILES string of the molecule is O=[N+]([O-])c1cccc(-c2cn(-c3cccc(Br)c3)nn2)c1. The largest absolute Gasteiger partial charge is 0.270 e. The summed E-state index contributed by atoms with van der Waals surface area (Å²) in [5.74, 6) is 0. The Labute approximate surface area is 128 Å². The number of non-ortho nitro benzene ring substituents is 1. The van der Waals surface area contributed by atoms with E-state index < -0.39 is 4.92 Å². The van der Waals surface area contributed by atoms with Gasteiger partial charge in [-0.15, -0.1) is 5.10 Å².